The highest BCUT2D eigenvalue weighted by molar-refractivity contribution is 6.40. The van der Waals surface area contributed by atoms with Gasteiger partial charge in [0, 0.05) is 0 Å². The predicted molar refractivity (Wildman–Crippen MR) is 281 cm³/mol. The Bertz CT molecular complexity index is 2760. The maximum Gasteiger partial charge on any atom is 0.115 e. The third kappa shape index (κ3) is 7.68. The summed E-state index contributed by atoms with van der Waals surface area (Å²) in [4.78, 5) is 0. The van der Waals surface area contributed by atoms with E-state index >= 15 is 0 Å². The minimum atomic E-state index is 0. The van der Waals surface area contributed by atoms with Gasteiger partial charge in [0.25, 0.3) is 0 Å². The van der Waals surface area contributed by atoms with Crippen molar-refractivity contribution in [2.45, 2.75) is 7.43 Å². The van der Waals surface area contributed by atoms with E-state index in [2.05, 4.69) is 232 Å². The minimum Gasteiger partial charge on any atom is -0.382 e. The van der Waals surface area contributed by atoms with Crippen molar-refractivity contribution in [3.8, 4) is 0 Å². The second-order valence-electron chi connectivity index (χ2n) is 13.9. The zero-order chi connectivity index (χ0) is 44.2. The first-order chi connectivity index (χ1) is 30.9. The third-order valence-electron chi connectivity index (χ3n) is 11.2. The van der Waals surface area contributed by atoms with Crippen LogP contribution < -0.4 is 23.3 Å². The molecule has 0 amide bonds. The Morgan fingerprint density at radius 1 is 0.258 bits per heavy atom. The molecule has 9 N–H and O–H groups in total. The molecular weight excluding hydrogens is 751 g/mol. The average Bonchev–Trinajstić information content (AvgIpc) is 3.39. The highest BCUT2D eigenvalue weighted by atomic mass is 14.4. The Labute approximate surface area is 368 Å². The molecule has 0 aliphatic carbocycles. The number of nitrogens with two attached hydrogens (primary N) is 3. The van der Waals surface area contributed by atoms with Crippen molar-refractivity contribution in [1.29, 1.82) is 0 Å². The van der Waals surface area contributed by atoms with Crippen molar-refractivity contribution in [2.75, 3.05) is 21.1 Å². The molecule has 0 fully saturated rings. The molecule has 0 saturated heterocycles. The molecule has 0 aliphatic heterocycles. The second kappa shape index (κ2) is 21.1. The second-order valence-corrected chi connectivity index (χ2v) is 13.9. The fourth-order valence-electron chi connectivity index (χ4n) is 9.15. The minimum absolute atomic E-state index is 0. The first kappa shape index (κ1) is 44.7. The van der Waals surface area contributed by atoms with Crippen LogP contribution in [0.5, 0.6) is 0 Å². The monoisotopic (exact) mass is 808 g/mol. The molecule has 0 heterocycles. The quantitative estimate of drug-likeness (QED) is 0.0694. The van der Waals surface area contributed by atoms with Gasteiger partial charge >= 0.3 is 0 Å². The van der Waals surface area contributed by atoms with Crippen molar-refractivity contribution in [3.05, 3.63) is 201 Å². The van der Waals surface area contributed by atoms with E-state index in [1.54, 1.807) is 0 Å². The Morgan fingerprint density at radius 2 is 0.339 bits per heavy atom. The molecule has 62 heavy (non-hydrogen) atoms. The molecule has 0 atom stereocenters. The number of hydrogen-bond acceptors (Lipinski definition) is 4. The number of fused-ring (bicyclic) bond motifs is 22. The van der Waals surface area contributed by atoms with E-state index in [4.69, 9.17) is 1.41 Å². The first-order valence-corrected chi connectivity index (χ1v) is 20.3. The van der Waals surface area contributed by atoms with E-state index in [0.29, 0.717) is 0 Å². The van der Waals surface area contributed by atoms with Gasteiger partial charge in [0.2, 0.25) is 0 Å². The summed E-state index contributed by atoms with van der Waals surface area (Å²) in [5, 5.41) is 26.8. The number of benzene rings is 12. The van der Waals surface area contributed by atoms with E-state index < -0.39 is 0 Å². The predicted octanol–water partition coefficient (Wildman–Crippen LogP) is 14.4. The van der Waals surface area contributed by atoms with Crippen LogP contribution in [0.25, 0.3) is 108 Å². The van der Waals surface area contributed by atoms with E-state index in [0.717, 1.165) is 0 Å². The molecule has 0 saturated carbocycles. The van der Waals surface area contributed by atoms with Crippen LogP contribution in [0.2, 0.25) is 1.41 Å². The van der Waals surface area contributed by atoms with Crippen LogP contribution in [-0.4, -0.2) is 29.0 Å². The van der Waals surface area contributed by atoms with Gasteiger partial charge in [-0.25, -0.2) is 0 Å². The molecule has 12 rings (SSSR count). The van der Waals surface area contributed by atoms with Gasteiger partial charge in [-0.3, -0.25) is 0 Å². The summed E-state index contributed by atoms with van der Waals surface area (Å²) in [6.07, 6.45) is 3.75. The van der Waals surface area contributed by atoms with Gasteiger partial charge in [-0.1, -0.05) is 202 Å². The largest absolute Gasteiger partial charge is 0.382 e. The lowest BCUT2D eigenvalue weighted by Gasteiger charge is -2.16. The number of hydrogen-bond donors (Lipinski definition) is 4. The molecule has 0 bridgehead atoms. The molecule has 0 aromatic heterocycles. The van der Waals surface area contributed by atoms with Crippen molar-refractivity contribution in [3.63, 3.8) is 0 Å². The molecule has 0 unspecified atom stereocenters. The lowest BCUT2D eigenvalue weighted by Crippen LogP contribution is -1.87. The summed E-state index contributed by atoms with van der Waals surface area (Å²) < 4.78 is 5.25. The van der Waals surface area contributed by atoms with Crippen LogP contribution >= 0.6 is 0 Å². The zero-order valence-electron chi connectivity index (χ0n) is 36.1. The molecule has 0 spiro atoms. The molecule has 12 aromatic rings. The summed E-state index contributed by atoms with van der Waals surface area (Å²) in [5.74, 6) is 0. The van der Waals surface area contributed by atoms with E-state index in [-0.39, 0.29) is 7.43 Å². The summed E-state index contributed by atoms with van der Waals surface area (Å²) in [6, 6.07) is 70.5. The summed E-state index contributed by atoms with van der Waals surface area (Å²) in [7, 11) is 8.75. The van der Waals surface area contributed by atoms with Crippen LogP contribution in [0.3, 0.4) is 0 Å². The van der Waals surface area contributed by atoms with Crippen molar-refractivity contribution < 1.29 is 1.41 Å². The van der Waals surface area contributed by atoms with Gasteiger partial charge in [-0.15, -0.1) is 0 Å². The summed E-state index contributed by atoms with van der Waals surface area (Å²) in [6.45, 7) is 2.75. The molecule has 0 aliphatic rings. The Hall–Kier alpha value is -6.86. The molecular formula is C57H56BN4-. The van der Waals surface area contributed by atoms with Crippen molar-refractivity contribution >= 4 is 116 Å². The molecule has 4 nitrogen and oxygen atoms in total. The van der Waals surface area contributed by atoms with Gasteiger partial charge in [-0.05, 0) is 129 Å². The SMILES string of the molecule is C.CN.CN.CN.[2H]N.[B][CH2-].c1ccc2c(c1)c1ccccc1c1c3ccccc3c3ccccc3c21.c1ccc2c(c1)c1ccccc1c1c3ccccc3c3ccccc3c21. The Balaban J connectivity index is 0.000000196. The van der Waals surface area contributed by atoms with Gasteiger partial charge in [-0.2, -0.15) is 7.85 Å². The normalized spacial score (nSPS) is 10.4. The van der Waals surface area contributed by atoms with Crippen molar-refractivity contribution in [2.24, 2.45) is 17.2 Å². The van der Waals surface area contributed by atoms with Gasteiger partial charge in [0.1, 0.15) is 1.41 Å². The first-order valence-electron chi connectivity index (χ1n) is 20.8. The Morgan fingerprint density at radius 3 is 0.435 bits per heavy atom. The van der Waals surface area contributed by atoms with E-state index in [1.807, 2.05) is 0 Å². The van der Waals surface area contributed by atoms with Crippen LogP contribution in [0, 0.1) is 6.82 Å². The summed E-state index contributed by atoms with van der Waals surface area (Å²) >= 11 is 0. The molecule has 2 radical (unpaired) electrons. The van der Waals surface area contributed by atoms with Crippen LogP contribution in [-0.2, 0) is 0 Å². The molecule has 5 heteroatoms. The smallest absolute Gasteiger partial charge is 0.115 e. The Kier molecular flexibility index (Phi) is 15.2. The maximum atomic E-state index is 5.25. The summed E-state index contributed by atoms with van der Waals surface area (Å²) in [5.41, 5.74) is 13.5. The van der Waals surface area contributed by atoms with Crippen LogP contribution in [0.15, 0.2) is 194 Å². The van der Waals surface area contributed by atoms with Gasteiger partial charge < -0.3 is 30.2 Å². The van der Waals surface area contributed by atoms with Crippen LogP contribution in [0.4, 0.5) is 0 Å². The van der Waals surface area contributed by atoms with Gasteiger partial charge in [0.05, 0.1) is 0 Å². The fourth-order valence-corrected chi connectivity index (χ4v) is 9.15. The van der Waals surface area contributed by atoms with Gasteiger partial charge in [0.15, 0.2) is 0 Å². The van der Waals surface area contributed by atoms with Crippen molar-refractivity contribution in [1.82, 2.24) is 6.14 Å². The van der Waals surface area contributed by atoms with E-state index in [9.17, 15) is 0 Å². The lowest BCUT2D eigenvalue weighted by molar-refractivity contribution is 1.48. The fraction of sp³-hybridized carbons (Fsp3) is 0.0702. The highest BCUT2D eigenvalue weighted by Gasteiger charge is 2.16. The lowest BCUT2D eigenvalue weighted by atomic mass is 9.87. The molecule has 12 aromatic carbocycles. The topological polar surface area (TPSA) is 113 Å². The highest BCUT2D eigenvalue weighted by Crippen LogP contribution is 2.45. The molecule has 308 valence electrons. The van der Waals surface area contributed by atoms with Crippen LogP contribution in [0.1, 0.15) is 7.43 Å². The third-order valence-corrected chi connectivity index (χ3v) is 11.2. The average molecular weight is 809 g/mol. The number of rotatable bonds is 0. The maximum absolute atomic E-state index is 5.25. The van der Waals surface area contributed by atoms with E-state index in [1.165, 1.54) is 129 Å². The zero-order valence-corrected chi connectivity index (χ0v) is 35.1. The standard InChI is InChI=1S/2C26H16.CH2B.3CH5N.CH4.H3N/c2*1-5-13-21-17(9-1)18-10-2-6-14-22(18)26-24-16-8-4-12-20(24)19-11-3-7-15-23(19)25(21)26;4*1-2;;/h2*1-16H;1H2;3*2H2,1H3;1H4;1H3/q;;-1;;;;;/i/hD.